The van der Waals surface area contributed by atoms with Crippen molar-refractivity contribution in [2.75, 3.05) is 14.2 Å². The van der Waals surface area contributed by atoms with Gasteiger partial charge in [-0.2, -0.15) is 0 Å². The van der Waals surface area contributed by atoms with Crippen molar-refractivity contribution < 1.29 is 14.3 Å². The number of rotatable bonds is 9. The van der Waals surface area contributed by atoms with Gasteiger partial charge in [0.2, 0.25) is 0 Å². The van der Waals surface area contributed by atoms with Gasteiger partial charge in [0.25, 0.3) is 0 Å². The highest BCUT2D eigenvalue weighted by atomic mass is 35.5. The second-order valence-corrected chi connectivity index (χ2v) is 9.24. The number of halogens is 1. The number of hydrogen-bond acceptors (Lipinski definition) is 5. The molecule has 0 fully saturated rings. The Bertz CT molecular complexity index is 1340. The summed E-state index contributed by atoms with van der Waals surface area (Å²) in [5.74, 6) is 1.23. The predicted octanol–water partition coefficient (Wildman–Crippen LogP) is 7.36. The number of carbonyl (C=O) groups excluding carboxylic acids is 1. The molecule has 2 unspecified atom stereocenters. The molecule has 1 aromatic heterocycles. The molecule has 2 atom stereocenters. The maximum absolute atomic E-state index is 12.0. The lowest BCUT2D eigenvalue weighted by atomic mass is 9.78. The van der Waals surface area contributed by atoms with Crippen molar-refractivity contribution in [3.8, 4) is 5.75 Å². The fourth-order valence-corrected chi connectivity index (χ4v) is 4.90. The Labute approximate surface area is 217 Å². The Morgan fingerprint density at radius 3 is 2.22 bits per heavy atom. The van der Waals surface area contributed by atoms with Crippen molar-refractivity contribution in [1.29, 1.82) is 0 Å². The van der Waals surface area contributed by atoms with Crippen molar-refractivity contribution in [3.63, 3.8) is 0 Å². The molecule has 1 heterocycles. The summed E-state index contributed by atoms with van der Waals surface area (Å²) in [5, 5.41) is 1.69. The van der Waals surface area contributed by atoms with Gasteiger partial charge in [-0.3, -0.25) is 0 Å². The minimum absolute atomic E-state index is 0.0944. The number of ether oxygens (including phenoxy) is 2. The maximum atomic E-state index is 12.0. The average Bonchev–Trinajstić information content (AvgIpc) is 2.92. The third-order valence-corrected chi connectivity index (χ3v) is 6.86. The van der Waals surface area contributed by atoms with Crippen LogP contribution in [0.2, 0.25) is 5.02 Å². The van der Waals surface area contributed by atoms with E-state index >= 15 is 0 Å². The van der Waals surface area contributed by atoms with Crippen molar-refractivity contribution >= 4 is 28.5 Å². The van der Waals surface area contributed by atoms with E-state index < -0.39 is 0 Å². The van der Waals surface area contributed by atoms with Crippen molar-refractivity contribution in [1.82, 2.24) is 9.97 Å². The molecule has 186 valence electrons. The van der Waals surface area contributed by atoms with Crippen LogP contribution in [0.25, 0.3) is 10.9 Å². The SMILES string of the molecule is CCCC(c1ccc(C(=O)OC)cc1)C(c1ccc(Cl)cc1)c1nc(CC)c2cc(OC)ccc2n1. The second-order valence-electron chi connectivity index (χ2n) is 8.80. The van der Waals surface area contributed by atoms with Gasteiger partial charge in [0, 0.05) is 10.4 Å². The summed E-state index contributed by atoms with van der Waals surface area (Å²) in [5.41, 5.74) is 4.64. The fourth-order valence-electron chi connectivity index (χ4n) is 4.78. The number of hydrogen-bond donors (Lipinski definition) is 0. The molecule has 0 aliphatic rings. The van der Waals surface area contributed by atoms with Crippen LogP contribution in [0.3, 0.4) is 0 Å². The van der Waals surface area contributed by atoms with Crippen LogP contribution in [-0.2, 0) is 11.2 Å². The van der Waals surface area contributed by atoms with E-state index in [-0.39, 0.29) is 17.8 Å². The van der Waals surface area contributed by atoms with Crippen LogP contribution in [0.4, 0.5) is 0 Å². The highest BCUT2D eigenvalue weighted by molar-refractivity contribution is 6.30. The summed E-state index contributed by atoms with van der Waals surface area (Å²) in [6.07, 6.45) is 2.69. The molecule has 4 aromatic rings. The van der Waals surface area contributed by atoms with E-state index in [1.165, 1.54) is 7.11 Å². The van der Waals surface area contributed by atoms with E-state index in [1.54, 1.807) is 7.11 Å². The summed E-state index contributed by atoms with van der Waals surface area (Å²) < 4.78 is 10.3. The number of benzene rings is 3. The number of aryl methyl sites for hydroxylation is 1. The van der Waals surface area contributed by atoms with Crippen molar-refractivity contribution in [3.05, 3.63) is 100.0 Å². The molecule has 3 aromatic carbocycles. The number of carbonyl (C=O) groups is 1. The molecule has 0 aliphatic carbocycles. The standard InChI is InChI=1S/C30H31ClN2O3/c1-5-7-24(19-8-10-21(11-9-19)30(34)36-4)28(20-12-14-22(31)15-13-20)29-32-26(6-2)25-18-23(35-3)16-17-27(25)33-29/h8-18,24,28H,5-7H2,1-4H3. The molecule has 0 bridgehead atoms. The highest BCUT2D eigenvalue weighted by Gasteiger charge is 2.29. The quantitative estimate of drug-likeness (QED) is 0.224. The van der Waals surface area contributed by atoms with Gasteiger partial charge in [-0.25, -0.2) is 14.8 Å². The Morgan fingerprint density at radius 1 is 0.917 bits per heavy atom. The van der Waals surface area contributed by atoms with E-state index in [4.69, 9.17) is 31.0 Å². The largest absolute Gasteiger partial charge is 0.497 e. The summed E-state index contributed by atoms with van der Waals surface area (Å²) >= 11 is 6.25. The first-order valence-corrected chi connectivity index (χ1v) is 12.6. The molecule has 0 spiro atoms. The van der Waals surface area contributed by atoms with Gasteiger partial charge in [-0.05, 0) is 72.4 Å². The van der Waals surface area contributed by atoms with Gasteiger partial charge in [0.05, 0.1) is 36.9 Å². The highest BCUT2D eigenvalue weighted by Crippen LogP contribution is 2.41. The predicted molar refractivity (Wildman–Crippen MR) is 144 cm³/mol. The molecular weight excluding hydrogens is 472 g/mol. The molecule has 0 saturated heterocycles. The molecule has 6 heteroatoms. The lowest BCUT2D eigenvalue weighted by Gasteiger charge is -2.28. The molecule has 5 nitrogen and oxygen atoms in total. The van der Waals surface area contributed by atoms with Gasteiger partial charge in [-0.1, -0.05) is 56.1 Å². The minimum Gasteiger partial charge on any atom is -0.497 e. The number of aromatic nitrogens is 2. The second kappa shape index (κ2) is 11.5. The van der Waals surface area contributed by atoms with Crippen LogP contribution in [0.5, 0.6) is 5.75 Å². The first-order chi connectivity index (χ1) is 17.5. The van der Waals surface area contributed by atoms with E-state index in [0.717, 1.165) is 58.6 Å². The van der Waals surface area contributed by atoms with Gasteiger partial charge in [0.15, 0.2) is 0 Å². The monoisotopic (exact) mass is 502 g/mol. The van der Waals surface area contributed by atoms with Crippen molar-refractivity contribution in [2.24, 2.45) is 0 Å². The van der Waals surface area contributed by atoms with Crippen LogP contribution in [0, 0.1) is 0 Å². The number of methoxy groups -OCH3 is 2. The van der Waals surface area contributed by atoms with Gasteiger partial charge in [-0.15, -0.1) is 0 Å². The average molecular weight is 503 g/mol. The summed E-state index contributed by atoms with van der Waals surface area (Å²) in [7, 11) is 3.06. The Balaban J connectivity index is 1.90. The first-order valence-electron chi connectivity index (χ1n) is 12.3. The summed E-state index contributed by atoms with van der Waals surface area (Å²) in [6, 6.07) is 21.6. The van der Waals surface area contributed by atoms with Crippen LogP contribution in [0.1, 0.15) is 71.5 Å². The van der Waals surface area contributed by atoms with E-state index in [2.05, 4.69) is 26.0 Å². The van der Waals surface area contributed by atoms with Crippen molar-refractivity contribution in [2.45, 2.75) is 44.9 Å². The molecule has 36 heavy (non-hydrogen) atoms. The number of nitrogens with zero attached hydrogens (tertiary/aromatic N) is 2. The molecule has 0 aliphatic heterocycles. The zero-order valence-electron chi connectivity index (χ0n) is 21.1. The normalized spacial score (nSPS) is 12.8. The third kappa shape index (κ3) is 5.36. The zero-order valence-corrected chi connectivity index (χ0v) is 21.9. The molecule has 4 rings (SSSR count). The molecular formula is C30H31ClN2O3. The Hall–Kier alpha value is -3.44. The Kier molecular flexibility index (Phi) is 8.21. The Morgan fingerprint density at radius 2 is 1.61 bits per heavy atom. The van der Waals surface area contributed by atoms with Crippen LogP contribution < -0.4 is 4.74 Å². The van der Waals surface area contributed by atoms with E-state index in [1.807, 2.05) is 54.6 Å². The van der Waals surface area contributed by atoms with E-state index in [9.17, 15) is 4.79 Å². The lowest BCUT2D eigenvalue weighted by molar-refractivity contribution is 0.0600. The molecule has 0 amide bonds. The third-order valence-electron chi connectivity index (χ3n) is 6.60. The molecule has 0 N–H and O–H groups in total. The van der Waals surface area contributed by atoms with E-state index in [0.29, 0.717) is 10.6 Å². The van der Waals surface area contributed by atoms with Crippen LogP contribution in [-0.4, -0.2) is 30.2 Å². The van der Waals surface area contributed by atoms with Gasteiger partial charge in [0.1, 0.15) is 11.6 Å². The fraction of sp³-hybridized carbons (Fsp3) is 0.300. The molecule has 0 radical (unpaired) electrons. The lowest BCUT2D eigenvalue weighted by Crippen LogP contribution is -2.17. The van der Waals surface area contributed by atoms with Gasteiger partial charge < -0.3 is 9.47 Å². The zero-order chi connectivity index (χ0) is 25.7. The number of fused-ring (bicyclic) bond motifs is 1. The van der Waals surface area contributed by atoms with Crippen LogP contribution >= 0.6 is 11.6 Å². The first kappa shape index (κ1) is 25.6. The smallest absolute Gasteiger partial charge is 0.337 e. The molecule has 0 saturated carbocycles. The summed E-state index contributed by atoms with van der Waals surface area (Å²) in [4.78, 5) is 22.2. The minimum atomic E-state index is -0.344. The summed E-state index contributed by atoms with van der Waals surface area (Å²) in [6.45, 7) is 4.29. The topological polar surface area (TPSA) is 61.3 Å². The van der Waals surface area contributed by atoms with Gasteiger partial charge >= 0.3 is 5.97 Å². The number of esters is 1. The van der Waals surface area contributed by atoms with Crippen LogP contribution in [0.15, 0.2) is 66.7 Å². The maximum Gasteiger partial charge on any atom is 0.337 e.